The second kappa shape index (κ2) is 18.7. The molecule has 0 spiro atoms. The van der Waals surface area contributed by atoms with E-state index in [4.69, 9.17) is 9.47 Å². The summed E-state index contributed by atoms with van der Waals surface area (Å²) in [6.45, 7) is 9.11. The zero-order chi connectivity index (χ0) is 36.8. The van der Waals surface area contributed by atoms with Crippen LogP contribution in [-0.4, -0.2) is 79.1 Å². The fourth-order valence-electron chi connectivity index (χ4n) is 5.37. The van der Waals surface area contributed by atoms with Crippen LogP contribution in [0.2, 0.25) is 0 Å². The molecule has 5 N–H and O–H groups in total. The molecule has 0 radical (unpaired) electrons. The summed E-state index contributed by atoms with van der Waals surface area (Å²) in [6, 6.07) is 24.4. The zero-order valence-electron chi connectivity index (χ0n) is 29.9. The molecule has 3 aromatic rings. The van der Waals surface area contributed by atoms with Gasteiger partial charge in [-0.1, -0.05) is 120 Å². The smallest absolute Gasteiger partial charge is 0.407 e. The molecule has 3 rings (SSSR count). The second-order valence-electron chi connectivity index (χ2n) is 13.6. The normalized spacial score (nSPS) is 13.8. The first kappa shape index (κ1) is 39.5. The minimum absolute atomic E-state index is 0.101. The number of aliphatic hydroxyl groups is 1. The van der Waals surface area contributed by atoms with E-state index in [2.05, 4.69) is 21.4 Å². The number of amides is 4. The molecule has 0 heterocycles. The van der Waals surface area contributed by atoms with Crippen LogP contribution in [0.4, 0.5) is 9.59 Å². The molecule has 0 aliphatic rings. The van der Waals surface area contributed by atoms with Crippen molar-refractivity contribution < 1.29 is 33.8 Å². The van der Waals surface area contributed by atoms with Crippen molar-refractivity contribution in [1.29, 1.82) is 0 Å². The fraction of sp³-hybridized carbons (Fsp3) is 0.421. The summed E-state index contributed by atoms with van der Waals surface area (Å²) in [5, 5.41) is 21.5. The summed E-state index contributed by atoms with van der Waals surface area (Å²) in [5.41, 5.74) is 5.99. The van der Waals surface area contributed by atoms with Gasteiger partial charge in [0.05, 0.1) is 26.4 Å². The molecular formula is C38H51N5O7. The number of hydrazine groups is 1. The first-order chi connectivity index (χ1) is 23.7. The summed E-state index contributed by atoms with van der Waals surface area (Å²) in [4.78, 5) is 51.5. The number of carbonyl (C=O) groups excluding carboxylic acids is 4. The highest BCUT2D eigenvalue weighted by molar-refractivity contribution is 5.86. The lowest BCUT2D eigenvalue weighted by molar-refractivity contribution is -0.132. The third-order valence-electron chi connectivity index (χ3n) is 8.18. The van der Waals surface area contributed by atoms with Crippen molar-refractivity contribution in [3.8, 4) is 11.1 Å². The minimum atomic E-state index is -1.20. The molecule has 0 fully saturated rings. The number of nitrogens with zero attached hydrogens (tertiary/aromatic N) is 1. The third-order valence-corrected chi connectivity index (χ3v) is 8.18. The number of hydrogen-bond acceptors (Lipinski definition) is 8. The van der Waals surface area contributed by atoms with Crippen molar-refractivity contribution in [1.82, 2.24) is 26.4 Å². The van der Waals surface area contributed by atoms with E-state index in [0.29, 0.717) is 0 Å². The molecule has 0 saturated heterocycles. The van der Waals surface area contributed by atoms with Crippen LogP contribution in [0.3, 0.4) is 0 Å². The van der Waals surface area contributed by atoms with Gasteiger partial charge in [0.2, 0.25) is 5.91 Å². The van der Waals surface area contributed by atoms with Crippen LogP contribution in [-0.2, 0) is 32.0 Å². The number of ether oxygens (including phenoxy) is 2. The Morgan fingerprint density at radius 3 is 1.80 bits per heavy atom. The highest BCUT2D eigenvalue weighted by atomic mass is 16.5. The molecule has 0 bridgehead atoms. The van der Waals surface area contributed by atoms with Crippen molar-refractivity contribution in [2.24, 2.45) is 11.3 Å². The number of hydrogen-bond donors (Lipinski definition) is 5. The van der Waals surface area contributed by atoms with Gasteiger partial charge < -0.3 is 30.5 Å². The number of alkyl carbamates (subject to hydrolysis) is 2. The van der Waals surface area contributed by atoms with E-state index in [0.717, 1.165) is 22.3 Å². The Morgan fingerprint density at radius 1 is 0.720 bits per heavy atom. The molecule has 4 atom stereocenters. The van der Waals surface area contributed by atoms with Gasteiger partial charge >= 0.3 is 12.2 Å². The average molecular weight is 690 g/mol. The number of nitrogens with one attached hydrogen (secondary N) is 4. The number of benzene rings is 3. The lowest BCUT2D eigenvalue weighted by Crippen LogP contribution is -2.60. The minimum Gasteiger partial charge on any atom is -0.453 e. The maximum Gasteiger partial charge on any atom is 0.407 e. The van der Waals surface area contributed by atoms with E-state index >= 15 is 0 Å². The third kappa shape index (κ3) is 12.2. The highest BCUT2D eigenvalue weighted by Gasteiger charge is 2.35. The largest absolute Gasteiger partial charge is 0.453 e. The van der Waals surface area contributed by atoms with Gasteiger partial charge in [0.1, 0.15) is 12.1 Å². The quantitative estimate of drug-likeness (QED) is 0.147. The van der Waals surface area contributed by atoms with Gasteiger partial charge in [0.15, 0.2) is 0 Å². The Morgan fingerprint density at radius 2 is 1.26 bits per heavy atom. The van der Waals surface area contributed by atoms with Crippen LogP contribution in [0, 0.1) is 11.3 Å². The Labute approximate surface area is 294 Å². The van der Waals surface area contributed by atoms with Crippen LogP contribution in [0.1, 0.15) is 45.7 Å². The van der Waals surface area contributed by atoms with Crippen LogP contribution in [0.25, 0.3) is 11.1 Å². The van der Waals surface area contributed by atoms with Crippen LogP contribution in [0.15, 0.2) is 84.9 Å². The SMILES string of the molecule is COC(=O)N[C@H](C(=O)N[C@@H](Cc1ccccc1)[C@@H](O)CN(Cc1ccc(-c2ccccc2)cc1)NC(=O)[C@@H](NC(=O)OC)C(C)(C)C)C(C)C. The van der Waals surface area contributed by atoms with Crippen LogP contribution >= 0.6 is 0 Å². The van der Waals surface area contributed by atoms with E-state index in [1.807, 2.05) is 106 Å². The van der Waals surface area contributed by atoms with Gasteiger partial charge in [0, 0.05) is 13.1 Å². The molecule has 0 unspecified atom stereocenters. The molecule has 12 nitrogen and oxygen atoms in total. The number of methoxy groups -OCH3 is 2. The van der Waals surface area contributed by atoms with Gasteiger partial charge in [-0.15, -0.1) is 0 Å². The maximum absolute atomic E-state index is 13.8. The average Bonchev–Trinajstić information content (AvgIpc) is 3.09. The van der Waals surface area contributed by atoms with Crippen LogP contribution in [0.5, 0.6) is 0 Å². The zero-order valence-corrected chi connectivity index (χ0v) is 29.9. The van der Waals surface area contributed by atoms with Crippen LogP contribution < -0.4 is 21.4 Å². The number of rotatable bonds is 15. The van der Waals surface area contributed by atoms with E-state index in [1.54, 1.807) is 18.9 Å². The van der Waals surface area contributed by atoms with Crippen molar-refractivity contribution in [3.05, 3.63) is 96.1 Å². The molecule has 0 aliphatic carbocycles. The predicted molar refractivity (Wildman–Crippen MR) is 191 cm³/mol. The number of carbonyl (C=O) groups is 4. The Bertz CT molecular complexity index is 1530. The summed E-state index contributed by atoms with van der Waals surface area (Å²) >= 11 is 0. The standard InChI is InChI=1S/C38H51N5O7/c1-25(2)32(40-36(47)49-6)34(45)39-30(22-26-14-10-8-11-15-26)31(44)24-43(42-35(46)33(38(3,4)5)41-37(48)50-7)23-27-18-20-29(21-19-27)28-16-12-9-13-17-28/h8-21,25,30-33,44H,22-24H2,1-7H3,(H,39,45)(H,40,47)(H,41,48)(H,42,46)/t30-,31-,32-,33+/m0/s1. The van der Waals surface area contributed by atoms with E-state index in [-0.39, 0.29) is 25.4 Å². The summed E-state index contributed by atoms with van der Waals surface area (Å²) < 4.78 is 9.49. The lowest BCUT2D eigenvalue weighted by Gasteiger charge is -2.35. The van der Waals surface area contributed by atoms with Gasteiger partial charge in [-0.05, 0) is 40.0 Å². The Hall–Kier alpha value is -4.94. The molecule has 0 saturated carbocycles. The molecule has 0 aliphatic heterocycles. The molecule has 0 aromatic heterocycles. The van der Waals surface area contributed by atoms with E-state index in [9.17, 15) is 24.3 Å². The van der Waals surface area contributed by atoms with Crippen molar-refractivity contribution in [2.75, 3.05) is 20.8 Å². The van der Waals surface area contributed by atoms with E-state index < -0.39 is 53.6 Å². The van der Waals surface area contributed by atoms with Gasteiger partial charge in [-0.25, -0.2) is 14.6 Å². The lowest BCUT2D eigenvalue weighted by atomic mass is 9.86. The molecule has 50 heavy (non-hydrogen) atoms. The Kier molecular flexibility index (Phi) is 14.8. The fourth-order valence-corrected chi connectivity index (χ4v) is 5.37. The van der Waals surface area contributed by atoms with E-state index in [1.165, 1.54) is 14.2 Å². The topological polar surface area (TPSA) is 158 Å². The Balaban J connectivity index is 1.93. The maximum atomic E-state index is 13.8. The molecule has 3 aromatic carbocycles. The monoisotopic (exact) mass is 689 g/mol. The molecule has 12 heteroatoms. The highest BCUT2D eigenvalue weighted by Crippen LogP contribution is 2.22. The van der Waals surface area contributed by atoms with Crippen molar-refractivity contribution >= 4 is 24.0 Å². The summed E-state index contributed by atoms with van der Waals surface area (Å²) in [5.74, 6) is -1.29. The molecule has 4 amide bonds. The molecule has 270 valence electrons. The molecular weight excluding hydrogens is 638 g/mol. The first-order valence-electron chi connectivity index (χ1n) is 16.6. The van der Waals surface area contributed by atoms with Gasteiger partial charge in [-0.2, -0.15) is 0 Å². The predicted octanol–water partition coefficient (Wildman–Crippen LogP) is 4.43. The summed E-state index contributed by atoms with van der Waals surface area (Å²) in [7, 11) is 2.44. The van der Waals surface area contributed by atoms with Crippen molar-refractivity contribution in [3.63, 3.8) is 0 Å². The van der Waals surface area contributed by atoms with Gasteiger partial charge in [-0.3, -0.25) is 15.0 Å². The van der Waals surface area contributed by atoms with Crippen molar-refractivity contribution in [2.45, 2.75) is 71.8 Å². The second-order valence-corrected chi connectivity index (χ2v) is 13.6. The number of aliphatic hydroxyl groups excluding tert-OH is 1. The summed E-state index contributed by atoms with van der Waals surface area (Å²) in [6.07, 6.45) is -2.44. The first-order valence-corrected chi connectivity index (χ1v) is 16.6. The van der Waals surface area contributed by atoms with Gasteiger partial charge in [0.25, 0.3) is 5.91 Å².